The molecule has 0 unspecified atom stereocenters. The van der Waals surface area contributed by atoms with Crippen molar-refractivity contribution in [2.75, 3.05) is 4.90 Å². The number of nitrogens with one attached hydrogen (secondary N) is 2. The van der Waals surface area contributed by atoms with Gasteiger partial charge in [0.1, 0.15) is 11.6 Å². The Morgan fingerprint density at radius 2 is 1.86 bits per heavy atom. The number of anilines is 1. The van der Waals surface area contributed by atoms with E-state index < -0.39 is 34.6 Å². The number of thiophene rings is 1. The van der Waals surface area contributed by atoms with Gasteiger partial charge in [0.25, 0.3) is 0 Å². The lowest BCUT2D eigenvalue weighted by atomic mass is 9.70. The molecular formula is C28H31N3O5S. The van der Waals surface area contributed by atoms with Crippen molar-refractivity contribution in [3.8, 4) is 0 Å². The average molecular weight is 522 g/mol. The van der Waals surface area contributed by atoms with E-state index in [0.29, 0.717) is 17.8 Å². The number of ether oxygens (including phenoxy) is 1. The zero-order valence-electron chi connectivity index (χ0n) is 21.5. The maximum Gasteiger partial charge on any atom is 0.246 e. The van der Waals surface area contributed by atoms with E-state index in [0.717, 1.165) is 4.88 Å². The SMILES string of the molecule is CC(=O)c1cccc(N2C(=O)[C@H]3[C@@H](C(=O)NCc4cccs4)[C@@]4(C)C=C[C@@]3(O4)[C@H]2C(=O)NC(C)(C)C)c1. The first-order valence-corrected chi connectivity index (χ1v) is 13.2. The first kappa shape index (κ1) is 25.4. The number of benzene rings is 1. The van der Waals surface area contributed by atoms with Crippen LogP contribution in [-0.2, 0) is 25.7 Å². The van der Waals surface area contributed by atoms with E-state index in [1.165, 1.54) is 23.2 Å². The van der Waals surface area contributed by atoms with Crippen LogP contribution in [0.3, 0.4) is 0 Å². The quantitative estimate of drug-likeness (QED) is 0.449. The number of hydrogen-bond acceptors (Lipinski definition) is 6. The van der Waals surface area contributed by atoms with Crippen LogP contribution < -0.4 is 15.5 Å². The fourth-order valence-electron chi connectivity index (χ4n) is 5.82. The van der Waals surface area contributed by atoms with Crippen molar-refractivity contribution < 1.29 is 23.9 Å². The number of hydrogen-bond donors (Lipinski definition) is 2. The second kappa shape index (κ2) is 8.63. The van der Waals surface area contributed by atoms with Gasteiger partial charge in [0, 0.05) is 21.7 Å². The minimum Gasteiger partial charge on any atom is -0.356 e. The Morgan fingerprint density at radius 1 is 1.11 bits per heavy atom. The highest BCUT2D eigenvalue weighted by Gasteiger charge is 2.76. The first-order chi connectivity index (χ1) is 17.4. The molecule has 5 rings (SSSR count). The average Bonchev–Trinajstić information content (AvgIpc) is 3.55. The Kier molecular flexibility index (Phi) is 5.91. The lowest BCUT2D eigenvalue weighted by Crippen LogP contribution is -2.58. The molecule has 3 aliphatic heterocycles. The summed E-state index contributed by atoms with van der Waals surface area (Å²) in [5.41, 5.74) is -2.08. The maximum absolute atomic E-state index is 14.2. The second-order valence-corrected chi connectivity index (χ2v) is 12.2. The summed E-state index contributed by atoms with van der Waals surface area (Å²) in [6.45, 7) is 9.18. The zero-order valence-corrected chi connectivity index (χ0v) is 22.3. The van der Waals surface area contributed by atoms with Gasteiger partial charge in [-0.3, -0.25) is 24.1 Å². The summed E-state index contributed by atoms with van der Waals surface area (Å²) in [5.74, 6) is -2.93. The molecule has 4 heterocycles. The zero-order chi connectivity index (χ0) is 26.8. The molecule has 8 nitrogen and oxygen atoms in total. The van der Waals surface area contributed by atoms with Gasteiger partial charge in [0.15, 0.2) is 5.78 Å². The van der Waals surface area contributed by atoms with Gasteiger partial charge in [-0.15, -0.1) is 11.3 Å². The molecule has 194 valence electrons. The van der Waals surface area contributed by atoms with E-state index in [-0.39, 0.29) is 23.5 Å². The monoisotopic (exact) mass is 521 g/mol. The van der Waals surface area contributed by atoms with Crippen LogP contribution in [0.15, 0.2) is 53.9 Å². The third-order valence-electron chi connectivity index (χ3n) is 7.27. The summed E-state index contributed by atoms with van der Waals surface area (Å²) < 4.78 is 6.53. The second-order valence-electron chi connectivity index (χ2n) is 11.2. The van der Waals surface area contributed by atoms with Crippen molar-refractivity contribution in [1.29, 1.82) is 0 Å². The highest BCUT2D eigenvalue weighted by molar-refractivity contribution is 7.09. The third kappa shape index (κ3) is 4.10. The number of Topliss-reactive ketones (excluding diaryl/α,β-unsaturated/α-hetero) is 1. The standard InChI is InChI=1S/C28H31N3O5S/c1-16(32)17-8-6-9-18(14-17)31-22(24(34)30-26(2,3)4)28-12-11-27(5,36-28)20(21(28)25(31)35)23(33)29-15-19-10-7-13-37-19/h6-14,20-22H,15H2,1-5H3,(H,29,33)(H,30,34)/t20-,21+,22+,27+,28-/m0/s1. The Balaban J connectivity index is 1.57. The van der Waals surface area contributed by atoms with Crippen LogP contribution in [0, 0.1) is 11.8 Å². The van der Waals surface area contributed by atoms with Gasteiger partial charge in [-0.25, -0.2) is 0 Å². The van der Waals surface area contributed by atoms with Crippen molar-refractivity contribution >= 4 is 40.5 Å². The summed E-state index contributed by atoms with van der Waals surface area (Å²) >= 11 is 1.54. The Hall–Kier alpha value is -3.30. The molecule has 3 amide bonds. The van der Waals surface area contributed by atoms with Gasteiger partial charge in [0.2, 0.25) is 17.7 Å². The van der Waals surface area contributed by atoms with Crippen LogP contribution in [0.1, 0.15) is 49.9 Å². The third-order valence-corrected chi connectivity index (χ3v) is 8.15. The molecule has 1 aromatic heterocycles. The summed E-state index contributed by atoms with van der Waals surface area (Å²) in [5, 5.41) is 7.90. The molecule has 2 saturated heterocycles. The van der Waals surface area contributed by atoms with Crippen molar-refractivity contribution in [3.63, 3.8) is 0 Å². The summed E-state index contributed by atoms with van der Waals surface area (Å²) in [7, 11) is 0. The van der Waals surface area contributed by atoms with Gasteiger partial charge in [0.05, 0.1) is 24.0 Å². The molecule has 0 radical (unpaired) electrons. The van der Waals surface area contributed by atoms with Crippen molar-refractivity contribution in [1.82, 2.24) is 10.6 Å². The number of amides is 3. The van der Waals surface area contributed by atoms with E-state index in [1.54, 1.807) is 43.3 Å². The van der Waals surface area contributed by atoms with Crippen molar-refractivity contribution in [2.24, 2.45) is 11.8 Å². The van der Waals surface area contributed by atoms with Gasteiger partial charge >= 0.3 is 0 Å². The minimum atomic E-state index is -1.32. The Bertz CT molecular complexity index is 1310. The molecule has 0 saturated carbocycles. The lowest BCUT2D eigenvalue weighted by Gasteiger charge is -2.35. The topological polar surface area (TPSA) is 105 Å². The highest BCUT2D eigenvalue weighted by Crippen LogP contribution is 2.60. The van der Waals surface area contributed by atoms with Crippen LogP contribution in [0.2, 0.25) is 0 Å². The fraction of sp³-hybridized carbons (Fsp3) is 0.429. The summed E-state index contributed by atoms with van der Waals surface area (Å²) in [4.78, 5) is 56.1. The van der Waals surface area contributed by atoms with E-state index >= 15 is 0 Å². The molecule has 2 N–H and O–H groups in total. The van der Waals surface area contributed by atoms with Crippen LogP contribution in [-0.4, -0.2) is 46.3 Å². The maximum atomic E-state index is 14.2. The molecular weight excluding hydrogens is 490 g/mol. The predicted molar refractivity (Wildman–Crippen MR) is 140 cm³/mol. The number of nitrogens with zero attached hydrogens (tertiary/aromatic N) is 1. The fourth-order valence-corrected chi connectivity index (χ4v) is 6.47. The molecule has 0 aliphatic carbocycles. The van der Waals surface area contributed by atoms with E-state index in [2.05, 4.69) is 10.6 Å². The normalized spacial score (nSPS) is 29.9. The van der Waals surface area contributed by atoms with Gasteiger partial charge < -0.3 is 15.4 Å². The molecule has 1 spiro atoms. The molecule has 3 aliphatic rings. The molecule has 5 atom stereocenters. The highest BCUT2D eigenvalue weighted by atomic mass is 32.1. The number of carbonyl (C=O) groups is 4. The van der Waals surface area contributed by atoms with E-state index in [1.807, 2.05) is 38.3 Å². The summed E-state index contributed by atoms with van der Waals surface area (Å²) in [6, 6.07) is 9.45. The molecule has 9 heteroatoms. The minimum absolute atomic E-state index is 0.155. The van der Waals surface area contributed by atoms with E-state index in [4.69, 9.17) is 4.74 Å². The Morgan fingerprint density at radius 3 is 2.51 bits per heavy atom. The number of carbonyl (C=O) groups excluding carboxylic acids is 4. The van der Waals surface area contributed by atoms with Crippen LogP contribution in [0.5, 0.6) is 0 Å². The van der Waals surface area contributed by atoms with Gasteiger partial charge in [-0.1, -0.05) is 30.4 Å². The number of rotatable bonds is 6. The molecule has 1 aromatic carbocycles. The van der Waals surface area contributed by atoms with Crippen LogP contribution >= 0.6 is 11.3 Å². The van der Waals surface area contributed by atoms with Crippen molar-refractivity contribution in [2.45, 2.75) is 63.9 Å². The first-order valence-electron chi connectivity index (χ1n) is 12.3. The summed E-state index contributed by atoms with van der Waals surface area (Å²) in [6.07, 6.45) is 3.58. The van der Waals surface area contributed by atoms with Gasteiger partial charge in [-0.2, -0.15) is 0 Å². The molecule has 2 fully saturated rings. The molecule has 2 bridgehead atoms. The Labute approximate surface area is 220 Å². The van der Waals surface area contributed by atoms with Crippen LogP contribution in [0.25, 0.3) is 0 Å². The van der Waals surface area contributed by atoms with Crippen molar-refractivity contribution in [3.05, 3.63) is 64.4 Å². The predicted octanol–water partition coefficient (Wildman–Crippen LogP) is 3.23. The van der Waals surface area contributed by atoms with Crippen LogP contribution in [0.4, 0.5) is 5.69 Å². The number of fused-ring (bicyclic) bond motifs is 1. The smallest absolute Gasteiger partial charge is 0.246 e. The largest absolute Gasteiger partial charge is 0.356 e. The lowest BCUT2D eigenvalue weighted by molar-refractivity contribution is -0.134. The molecule has 2 aromatic rings. The number of ketones is 1. The molecule has 37 heavy (non-hydrogen) atoms. The van der Waals surface area contributed by atoms with E-state index in [9.17, 15) is 19.2 Å². The van der Waals surface area contributed by atoms with Gasteiger partial charge in [-0.05, 0) is 58.2 Å².